The van der Waals surface area contributed by atoms with Crippen LogP contribution in [0.2, 0.25) is 0 Å². The molecule has 0 aliphatic carbocycles. The third kappa shape index (κ3) is 5.91. The van der Waals surface area contributed by atoms with Crippen LogP contribution in [-0.4, -0.2) is 25.4 Å². The fourth-order valence-electron chi connectivity index (χ4n) is 4.76. The van der Waals surface area contributed by atoms with Crippen LogP contribution in [0.5, 0.6) is 0 Å². The maximum atomic E-state index is 13.6. The van der Waals surface area contributed by atoms with Gasteiger partial charge in [0.1, 0.15) is 6.54 Å². The van der Waals surface area contributed by atoms with Crippen molar-refractivity contribution in [3.05, 3.63) is 137 Å². The van der Waals surface area contributed by atoms with Gasteiger partial charge >= 0.3 is 0 Å². The van der Waals surface area contributed by atoms with Crippen molar-refractivity contribution in [2.45, 2.75) is 19.6 Å². The largest absolute Gasteiger partial charge is 0.361 e. The highest BCUT2D eigenvalue weighted by atomic mass is 16.2. The Morgan fingerprint density at radius 3 is 2.24 bits per heavy atom. The van der Waals surface area contributed by atoms with Gasteiger partial charge in [-0.15, -0.1) is 0 Å². The van der Waals surface area contributed by atoms with E-state index in [1.165, 1.54) is 4.57 Å². The number of carbonyl (C=O) groups is 1. The molecule has 0 radical (unpaired) electrons. The lowest BCUT2D eigenvalue weighted by Gasteiger charge is -2.15. The average molecular weight is 541 g/mol. The number of benzene rings is 3. The topological polar surface area (TPSA) is 105 Å². The normalized spacial score (nSPS) is 10.9. The van der Waals surface area contributed by atoms with E-state index in [2.05, 4.69) is 49.9 Å². The number of pyridine rings is 1. The zero-order valence-electron chi connectivity index (χ0n) is 22.2. The number of hydrogen-bond donors (Lipinski definition) is 3. The van der Waals surface area contributed by atoms with Crippen LogP contribution < -0.4 is 16.2 Å². The molecule has 6 aromatic rings. The van der Waals surface area contributed by atoms with E-state index in [9.17, 15) is 9.59 Å². The lowest BCUT2D eigenvalue weighted by Crippen LogP contribution is -2.34. The maximum Gasteiger partial charge on any atom is 0.294 e. The highest BCUT2D eigenvalue weighted by molar-refractivity contribution is 5.80. The molecule has 3 N–H and O–H groups in total. The van der Waals surface area contributed by atoms with Crippen LogP contribution >= 0.6 is 0 Å². The summed E-state index contributed by atoms with van der Waals surface area (Å²) in [4.78, 5) is 38.5. The number of nitrogens with one attached hydrogen (secondary N) is 3. The Bertz CT molecular complexity index is 1810. The Labute approximate surface area is 236 Å². The molecule has 3 aromatic carbocycles. The number of aromatic nitrogens is 4. The number of anilines is 1. The summed E-state index contributed by atoms with van der Waals surface area (Å²) in [5, 5.41) is 7.06. The number of amides is 1. The molecular weight excluding hydrogens is 512 g/mol. The van der Waals surface area contributed by atoms with Crippen molar-refractivity contribution < 1.29 is 4.79 Å². The first kappa shape index (κ1) is 25.8. The van der Waals surface area contributed by atoms with Crippen LogP contribution in [0.4, 0.5) is 5.82 Å². The molecule has 41 heavy (non-hydrogen) atoms. The molecule has 0 fully saturated rings. The van der Waals surface area contributed by atoms with E-state index in [4.69, 9.17) is 0 Å². The zero-order valence-corrected chi connectivity index (χ0v) is 22.2. The van der Waals surface area contributed by atoms with Gasteiger partial charge < -0.3 is 15.6 Å². The Morgan fingerprint density at radius 1 is 0.805 bits per heavy atom. The second-order valence-corrected chi connectivity index (χ2v) is 9.70. The van der Waals surface area contributed by atoms with Gasteiger partial charge in [-0.05, 0) is 34.4 Å². The number of hydrogen-bond acceptors (Lipinski definition) is 5. The number of rotatable bonds is 9. The van der Waals surface area contributed by atoms with Crippen molar-refractivity contribution in [2.75, 3.05) is 5.32 Å². The minimum atomic E-state index is -0.362. The molecule has 1 amide bonds. The molecule has 8 nitrogen and oxygen atoms in total. The molecule has 0 aliphatic heterocycles. The van der Waals surface area contributed by atoms with Crippen molar-refractivity contribution in [3.63, 3.8) is 0 Å². The average Bonchev–Trinajstić information content (AvgIpc) is 3.45. The summed E-state index contributed by atoms with van der Waals surface area (Å²) >= 11 is 0. The first-order valence-electron chi connectivity index (χ1n) is 13.4. The quantitative estimate of drug-likeness (QED) is 0.228. The molecule has 0 bridgehead atoms. The molecule has 0 spiro atoms. The highest BCUT2D eigenvalue weighted by Gasteiger charge is 2.15. The summed E-state index contributed by atoms with van der Waals surface area (Å²) in [6.07, 6.45) is 5.12. The molecule has 202 valence electrons. The molecular formula is C33H28N6O2. The van der Waals surface area contributed by atoms with Crippen LogP contribution in [0.25, 0.3) is 33.3 Å². The van der Waals surface area contributed by atoms with E-state index in [1.807, 2.05) is 72.8 Å². The van der Waals surface area contributed by atoms with E-state index in [0.29, 0.717) is 18.8 Å². The van der Waals surface area contributed by atoms with Crippen LogP contribution in [0.3, 0.4) is 0 Å². The van der Waals surface area contributed by atoms with E-state index >= 15 is 0 Å². The fourth-order valence-corrected chi connectivity index (χ4v) is 4.76. The molecule has 0 unspecified atom stereocenters. The van der Waals surface area contributed by atoms with Gasteiger partial charge in [0.15, 0.2) is 5.82 Å². The van der Waals surface area contributed by atoms with Crippen LogP contribution in [0, 0.1) is 0 Å². The van der Waals surface area contributed by atoms with Gasteiger partial charge in [-0.2, -0.15) is 0 Å². The zero-order chi connectivity index (χ0) is 28.0. The van der Waals surface area contributed by atoms with Crippen LogP contribution in [-0.2, 0) is 24.4 Å². The van der Waals surface area contributed by atoms with E-state index in [-0.39, 0.29) is 23.8 Å². The van der Waals surface area contributed by atoms with Crippen molar-refractivity contribution in [2.24, 2.45) is 0 Å². The number of fused-ring (bicyclic) bond motifs is 1. The minimum absolute atomic E-state index is 0.145. The predicted octanol–water partition coefficient (Wildman–Crippen LogP) is 5.38. The van der Waals surface area contributed by atoms with Gasteiger partial charge in [0.2, 0.25) is 5.91 Å². The standard InChI is InChI=1S/C33H28N6O2/c40-31(35-20-28-17-27-19-34-16-15-29(27)38-28)22-39-30(26-9-5-2-6-10-26)21-37-32(33(39)41)36-18-23-11-13-25(14-12-23)24-7-3-1-4-8-24/h1-17,19,21,38H,18,20,22H2,(H,35,40)(H,36,37). The van der Waals surface area contributed by atoms with Gasteiger partial charge in [0.05, 0.1) is 18.4 Å². The second-order valence-electron chi connectivity index (χ2n) is 9.70. The third-order valence-corrected chi connectivity index (χ3v) is 6.90. The van der Waals surface area contributed by atoms with Crippen molar-refractivity contribution in [1.29, 1.82) is 0 Å². The first-order valence-corrected chi connectivity index (χ1v) is 13.4. The van der Waals surface area contributed by atoms with Crippen LogP contribution in [0.15, 0.2) is 120 Å². The summed E-state index contributed by atoms with van der Waals surface area (Å²) in [5.41, 5.74) is 6.09. The second kappa shape index (κ2) is 11.7. The lowest BCUT2D eigenvalue weighted by molar-refractivity contribution is -0.121. The third-order valence-electron chi connectivity index (χ3n) is 6.90. The summed E-state index contributed by atoms with van der Waals surface area (Å²) < 4.78 is 1.47. The van der Waals surface area contributed by atoms with Crippen molar-refractivity contribution in [1.82, 2.24) is 24.8 Å². The van der Waals surface area contributed by atoms with Gasteiger partial charge in [-0.25, -0.2) is 4.98 Å². The molecule has 0 atom stereocenters. The Hall–Kier alpha value is -5.50. The molecule has 3 heterocycles. The highest BCUT2D eigenvalue weighted by Crippen LogP contribution is 2.21. The summed E-state index contributed by atoms with van der Waals surface area (Å²) in [6.45, 7) is 0.579. The summed E-state index contributed by atoms with van der Waals surface area (Å²) in [7, 11) is 0. The maximum absolute atomic E-state index is 13.6. The Balaban J connectivity index is 1.19. The summed E-state index contributed by atoms with van der Waals surface area (Å²) in [6, 6.07) is 31.6. The fraction of sp³-hybridized carbons (Fsp3) is 0.0909. The Kier molecular flexibility index (Phi) is 7.36. The van der Waals surface area contributed by atoms with E-state index in [0.717, 1.165) is 38.9 Å². The van der Waals surface area contributed by atoms with Crippen molar-refractivity contribution in [3.8, 4) is 22.4 Å². The van der Waals surface area contributed by atoms with Crippen LogP contribution in [0.1, 0.15) is 11.3 Å². The minimum Gasteiger partial charge on any atom is -0.361 e. The van der Waals surface area contributed by atoms with E-state index < -0.39 is 0 Å². The molecule has 0 aliphatic rings. The lowest BCUT2D eigenvalue weighted by atomic mass is 10.0. The molecule has 6 rings (SSSR count). The van der Waals surface area contributed by atoms with Gasteiger partial charge in [-0.3, -0.25) is 19.1 Å². The molecule has 8 heteroatoms. The molecule has 3 aromatic heterocycles. The number of carbonyl (C=O) groups excluding carboxylic acids is 1. The predicted molar refractivity (Wildman–Crippen MR) is 161 cm³/mol. The molecule has 0 saturated heterocycles. The molecule has 0 saturated carbocycles. The number of H-pyrrole nitrogens is 1. The number of nitrogens with zero attached hydrogens (tertiary/aromatic N) is 3. The SMILES string of the molecule is O=C(Cn1c(-c2ccccc2)cnc(NCc2ccc(-c3ccccc3)cc2)c1=O)NCc1cc2cnccc2[nH]1. The van der Waals surface area contributed by atoms with Crippen molar-refractivity contribution >= 4 is 22.6 Å². The smallest absolute Gasteiger partial charge is 0.294 e. The van der Waals surface area contributed by atoms with E-state index in [1.54, 1.807) is 18.6 Å². The monoisotopic (exact) mass is 540 g/mol. The first-order chi connectivity index (χ1) is 20.1. The number of aromatic amines is 1. The summed E-state index contributed by atoms with van der Waals surface area (Å²) in [5.74, 6) is -0.0950. The Morgan fingerprint density at radius 2 is 1.51 bits per heavy atom. The van der Waals surface area contributed by atoms with Gasteiger partial charge in [0, 0.05) is 35.5 Å². The van der Waals surface area contributed by atoms with Gasteiger partial charge in [0.25, 0.3) is 5.56 Å². The van der Waals surface area contributed by atoms with Gasteiger partial charge in [-0.1, -0.05) is 84.9 Å².